The summed E-state index contributed by atoms with van der Waals surface area (Å²) in [4.78, 5) is 0. The number of rotatable bonds is 5. The first kappa shape index (κ1) is 15.4. The molecule has 0 heterocycles. The summed E-state index contributed by atoms with van der Waals surface area (Å²) in [5.74, 6) is 0. The van der Waals surface area contributed by atoms with Crippen LogP contribution in [0.25, 0.3) is 0 Å². The maximum Gasteiger partial charge on any atom is 0.192 e. The number of hydrogen-bond acceptors (Lipinski definition) is 2. The Bertz CT molecular complexity index is 221. The van der Waals surface area contributed by atoms with Crippen molar-refractivity contribution in [1.82, 2.24) is 0 Å². The molecule has 0 aromatic carbocycles. The lowest BCUT2D eigenvalue weighted by Crippen LogP contribution is -2.44. The zero-order valence-corrected chi connectivity index (χ0v) is 13.0. The summed E-state index contributed by atoms with van der Waals surface area (Å²) < 4.78 is 6.96. The molecular weight excluding hydrogens is 272 g/mol. The lowest BCUT2D eigenvalue weighted by molar-refractivity contribution is 0.172. The maximum atomic E-state index is 8.96. The van der Waals surface area contributed by atoms with E-state index in [1.807, 2.05) is 0 Å². The van der Waals surface area contributed by atoms with Crippen LogP contribution in [0, 0.1) is 0 Å². The van der Waals surface area contributed by atoms with Gasteiger partial charge in [0.25, 0.3) is 0 Å². The summed E-state index contributed by atoms with van der Waals surface area (Å²) in [6, 6.07) is 0. The largest absolute Gasteiger partial charge is 0.409 e. The highest BCUT2D eigenvalue weighted by molar-refractivity contribution is 9.11. The van der Waals surface area contributed by atoms with Crippen molar-refractivity contribution in [2.45, 2.75) is 51.4 Å². The Kier molecular flexibility index (Phi) is 5.75. The van der Waals surface area contributed by atoms with Gasteiger partial charge in [-0.15, -0.1) is 0 Å². The third-order valence-electron chi connectivity index (χ3n) is 2.98. The Morgan fingerprint density at radius 1 is 1.47 bits per heavy atom. The van der Waals surface area contributed by atoms with Gasteiger partial charge in [-0.1, -0.05) is 43.3 Å². The van der Waals surface area contributed by atoms with Crippen LogP contribution in [-0.4, -0.2) is 26.1 Å². The third kappa shape index (κ3) is 4.81. The van der Waals surface area contributed by atoms with Crippen molar-refractivity contribution in [2.75, 3.05) is 6.61 Å². The average Bonchev–Trinajstić information content (AvgIpc) is 2.00. The Morgan fingerprint density at radius 3 is 2.20 bits per heavy atom. The molecule has 2 nitrogen and oxygen atoms in total. The van der Waals surface area contributed by atoms with Crippen LogP contribution < -0.4 is 0 Å². The quantitative estimate of drug-likeness (QED) is 0.784. The molecule has 15 heavy (non-hydrogen) atoms. The Morgan fingerprint density at radius 2 is 1.93 bits per heavy atom. The van der Waals surface area contributed by atoms with E-state index in [0.29, 0.717) is 6.42 Å². The van der Waals surface area contributed by atoms with E-state index in [4.69, 9.17) is 9.53 Å². The molecule has 0 saturated heterocycles. The van der Waals surface area contributed by atoms with E-state index in [0.717, 1.165) is 4.48 Å². The Labute approximate surface area is 103 Å². The first-order valence-electron chi connectivity index (χ1n) is 5.25. The minimum Gasteiger partial charge on any atom is -0.409 e. The van der Waals surface area contributed by atoms with Crippen molar-refractivity contribution in [1.29, 1.82) is 0 Å². The van der Waals surface area contributed by atoms with E-state index in [9.17, 15) is 0 Å². The zero-order valence-electron chi connectivity index (χ0n) is 10.4. The minimum atomic E-state index is -1.77. The van der Waals surface area contributed by atoms with Crippen molar-refractivity contribution in [2.24, 2.45) is 0 Å². The number of aliphatic hydroxyl groups is 1. The zero-order chi connectivity index (χ0) is 12.3. The fourth-order valence-electron chi connectivity index (χ4n) is 0.929. The van der Waals surface area contributed by atoms with Crippen LogP contribution in [0.2, 0.25) is 18.1 Å². The molecule has 0 spiro atoms. The predicted molar refractivity (Wildman–Crippen MR) is 71.8 cm³/mol. The first-order chi connectivity index (χ1) is 6.62. The van der Waals surface area contributed by atoms with Gasteiger partial charge in [0.2, 0.25) is 0 Å². The normalized spacial score (nSPS) is 15.1. The van der Waals surface area contributed by atoms with Gasteiger partial charge in [0.1, 0.15) is 0 Å². The molecule has 90 valence electrons. The predicted octanol–water partition coefficient (Wildman–Crippen LogP) is 3.67. The number of hydrogen-bond donors (Lipinski definition) is 1. The standard InChI is InChI=1S/C11H23BrO2Si/c1-9(12)10(7-8-13)14-15(5,6)11(2,3)4/h10,13H,1,7-8H2,2-6H3/t10-/m0/s1. The molecule has 0 amide bonds. The summed E-state index contributed by atoms with van der Waals surface area (Å²) in [5, 5.41) is 9.14. The SMILES string of the molecule is C=C(Br)[C@H](CCO)O[Si](C)(C)C(C)(C)C. The van der Waals surface area contributed by atoms with Gasteiger partial charge in [-0.25, -0.2) is 0 Å². The minimum absolute atomic E-state index is 0.0732. The number of halogens is 1. The lowest BCUT2D eigenvalue weighted by atomic mass is 10.2. The smallest absolute Gasteiger partial charge is 0.192 e. The van der Waals surface area contributed by atoms with Crippen LogP contribution in [0.15, 0.2) is 11.1 Å². The van der Waals surface area contributed by atoms with Crippen molar-refractivity contribution in [3.63, 3.8) is 0 Å². The molecule has 0 unspecified atom stereocenters. The van der Waals surface area contributed by atoms with Crippen molar-refractivity contribution < 1.29 is 9.53 Å². The highest BCUT2D eigenvalue weighted by Crippen LogP contribution is 2.38. The van der Waals surface area contributed by atoms with E-state index in [-0.39, 0.29) is 17.7 Å². The fraction of sp³-hybridized carbons (Fsp3) is 0.818. The van der Waals surface area contributed by atoms with Crippen molar-refractivity contribution in [3.8, 4) is 0 Å². The van der Waals surface area contributed by atoms with Crippen LogP contribution in [0.4, 0.5) is 0 Å². The molecule has 4 heteroatoms. The summed E-state index contributed by atoms with van der Waals surface area (Å²) in [7, 11) is -1.77. The van der Waals surface area contributed by atoms with Crippen LogP contribution in [0.1, 0.15) is 27.2 Å². The van der Waals surface area contributed by atoms with Crippen LogP contribution in [0.5, 0.6) is 0 Å². The molecule has 0 aliphatic rings. The molecule has 0 aliphatic carbocycles. The second-order valence-electron chi connectivity index (χ2n) is 5.33. The molecule has 0 radical (unpaired) electrons. The molecule has 0 aromatic heterocycles. The van der Waals surface area contributed by atoms with Gasteiger partial charge in [0.15, 0.2) is 8.32 Å². The Hall–Kier alpha value is 0.357. The molecule has 0 bridgehead atoms. The van der Waals surface area contributed by atoms with Crippen molar-refractivity contribution >= 4 is 24.2 Å². The van der Waals surface area contributed by atoms with E-state index in [1.54, 1.807) is 0 Å². The second kappa shape index (κ2) is 5.62. The molecule has 0 rings (SSSR count). The van der Waals surface area contributed by atoms with Gasteiger partial charge in [0, 0.05) is 17.5 Å². The second-order valence-corrected chi connectivity index (χ2v) is 11.1. The molecule has 0 aliphatic heterocycles. The molecule has 0 fully saturated rings. The topological polar surface area (TPSA) is 29.5 Å². The molecule has 1 N–H and O–H groups in total. The van der Waals surface area contributed by atoms with E-state index in [1.165, 1.54) is 0 Å². The van der Waals surface area contributed by atoms with Gasteiger partial charge in [-0.2, -0.15) is 0 Å². The molecule has 0 saturated carbocycles. The highest BCUT2D eigenvalue weighted by atomic mass is 79.9. The number of aliphatic hydroxyl groups excluding tert-OH is 1. The van der Waals surface area contributed by atoms with Crippen molar-refractivity contribution in [3.05, 3.63) is 11.1 Å². The summed E-state index contributed by atoms with van der Waals surface area (Å²) in [5.41, 5.74) is 0. The van der Waals surface area contributed by atoms with E-state index >= 15 is 0 Å². The van der Waals surface area contributed by atoms with Gasteiger partial charge in [-0.05, 0) is 18.1 Å². The van der Waals surface area contributed by atoms with Gasteiger partial charge in [0.05, 0.1) is 6.10 Å². The lowest BCUT2D eigenvalue weighted by Gasteiger charge is -2.39. The highest BCUT2D eigenvalue weighted by Gasteiger charge is 2.39. The monoisotopic (exact) mass is 294 g/mol. The average molecular weight is 295 g/mol. The summed E-state index contributed by atoms with van der Waals surface area (Å²) >= 11 is 3.35. The molecular formula is C11H23BrO2Si. The maximum absolute atomic E-state index is 8.96. The molecule has 1 atom stereocenters. The van der Waals surface area contributed by atoms with Gasteiger partial charge in [-0.3, -0.25) is 0 Å². The van der Waals surface area contributed by atoms with E-state index in [2.05, 4.69) is 56.4 Å². The van der Waals surface area contributed by atoms with Gasteiger partial charge >= 0.3 is 0 Å². The van der Waals surface area contributed by atoms with E-state index < -0.39 is 8.32 Å². The van der Waals surface area contributed by atoms with Crippen LogP contribution in [0.3, 0.4) is 0 Å². The first-order valence-corrected chi connectivity index (χ1v) is 8.95. The molecule has 0 aromatic rings. The van der Waals surface area contributed by atoms with Gasteiger partial charge < -0.3 is 9.53 Å². The van der Waals surface area contributed by atoms with Crippen LogP contribution in [-0.2, 0) is 4.43 Å². The third-order valence-corrected chi connectivity index (χ3v) is 7.98. The summed E-state index contributed by atoms with van der Waals surface area (Å²) in [6.07, 6.45) is 0.534. The Balaban J connectivity index is 4.59. The van der Waals surface area contributed by atoms with Crippen LogP contribution >= 0.6 is 15.9 Å². The fourth-order valence-corrected chi connectivity index (χ4v) is 2.75. The summed E-state index contributed by atoms with van der Waals surface area (Å²) in [6.45, 7) is 15.0.